The molecule has 1 aliphatic rings. The number of nitriles is 1. The minimum absolute atomic E-state index is 0.0599. The monoisotopic (exact) mass is 228 g/mol. The van der Waals surface area contributed by atoms with Gasteiger partial charge in [-0.2, -0.15) is 5.26 Å². The van der Waals surface area contributed by atoms with Crippen LogP contribution in [0.3, 0.4) is 0 Å². The Labute approximate surface area is 102 Å². The number of carbonyl (C=O) groups is 1. The maximum atomic E-state index is 11.9. The smallest absolute Gasteiger partial charge is 0.228 e. The van der Waals surface area contributed by atoms with Crippen LogP contribution in [0, 0.1) is 17.2 Å². The standard InChI is InChI=1S/C14H16N2O/c1-10(2)12-5-3-4-6-13(12)16-9-11(8-15)7-14(16)17/h3-6,10-11H,7,9H2,1-2H3. The van der Waals surface area contributed by atoms with Crippen LogP contribution < -0.4 is 4.90 Å². The molecule has 1 saturated heterocycles. The van der Waals surface area contributed by atoms with Crippen LogP contribution in [0.2, 0.25) is 0 Å². The molecule has 2 rings (SSSR count). The Bertz CT molecular complexity index is 473. The van der Waals surface area contributed by atoms with Crippen LogP contribution in [0.1, 0.15) is 31.7 Å². The summed E-state index contributed by atoms with van der Waals surface area (Å²) in [5.74, 6) is 0.271. The van der Waals surface area contributed by atoms with Gasteiger partial charge in [-0.25, -0.2) is 0 Å². The molecule has 0 bridgehead atoms. The van der Waals surface area contributed by atoms with Gasteiger partial charge in [0.2, 0.25) is 5.91 Å². The Kier molecular flexibility index (Phi) is 3.14. The summed E-state index contributed by atoms with van der Waals surface area (Å²) in [4.78, 5) is 13.6. The van der Waals surface area contributed by atoms with Crippen LogP contribution in [0.25, 0.3) is 0 Å². The third kappa shape index (κ3) is 2.16. The molecule has 1 amide bonds. The van der Waals surface area contributed by atoms with E-state index in [1.807, 2.05) is 24.3 Å². The Hall–Kier alpha value is -1.82. The van der Waals surface area contributed by atoms with Gasteiger partial charge in [-0.05, 0) is 17.5 Å². The van der Waals surface area contributed by atoms with Crippen molar-refractivity contribution in [3.8, 4) is 6.07 Å². The van der Waals surface area contributed by atoms with Crippen molar-refractivity contribution in [3.63, 3.8) is 0 Å². The molecule has 17 heavy (non-hydrogen) atoms. The molecule has 1 fully saturated rings. The van der Waals surface area contributed by atoms with Gasteiger partial charge in [0, 0.05) is 18.7 Å². The first-order valence-electron chi connectivity index (χ1n) is 5.92. The molecule has 1 heterocycles. The third-order valence-electron chi connectivity index (χ3n) is 3.16. The van der Waals surface area contributed by atoms with Crippen LogP contribution in [0.15, 0.2) is 24.3 Å². The predicted octanol–water partition coefficient (Wildman–Crippen LogP) is 2.69. The van der Waals surface area contributed by atoms with Crippen molar-refractivity contribution in [2.24, 2.45) is 5.92 Å². The third-order valence-corrected chi connectivity index (χ3v) is 3.16. The minimum Gasteiger partial charge on any atom is -0.311 e. The van der Waals surface area contributed by atoms with Gasteiger partial charge in [-0.15, -0.1) is 0 Å². The van der Waals surface area contributed by atoms with Gasteiger partial charge in [-0.1, -0.05) is 32.0 Å². The van der Waals surface area contributed by atoms with E-state index in [2.05, 4.69) is 19.9 Å². The summed E-state index contributed by atoms with van der Waals surface area (Å²) in [6.07, 6.45) is 0.350. The molecule has 1 unspecified atom stereocenters. The van der Waals surface area contributed by atoms with Crippen molar-refractivity contribution in [1.29, 1.82) is 5.26 Å². The maximum Gasteiger partial charge on any atom is 0.228 e. The summed E-state index contributed by atoms with van der Waals surface area (Å²) >= 11 is 0. The molecule has 3 nitrogen and oxygen atoms in total. The van der Waals surface area contributed by atoms with Gasteiger partial charge in [0.25, 0.3) is 0 Å². The van der Waals surface area contributed by atoms with Gasteiger partial charge in [-0.3, -0.25) is 4.79 Å². The quantitative estimate of drug-likeness (QED) is 0.781. The lowest BCUT2D eigenvalue weighted by molar-refractivity contribution is -0.117. The van der Waals surface area contributed by atoms with Gasteiger partial charge in [0.05, 0.1) is 12.0 Å². The lowest BCUT2D eigenvalue weighted by atomic mass is 10.0. The number of anilines is 1. The lowest BCUT2D eigenvalue weighted by Crippen LogP contribution is -2.25. The van der Waals surface area contributed by atoms with Crippen LogP contribution >= 0.6 is 0 Å². The number of hydrogen-bond donors (Lipinski definition) is 0. The van der Waals surface area contributed by atoms with Gasteiger partial charge < -0.3 is 4.90 Å². The molecule has 1 atom stereocenters. The molecule has 0 radical (unpaired) electrons. The highest BCUT2D eigenvalue weighted by atomic mass is 16.2. The van der Waals surface area contributed by atoms with E-state index in [1.165, 1.54) is 5.56 Å². The first-order chi connectivity index (χ1) is 8.13. The van der Waals surface area contributed by atoms with Crippen LogP contribution in [-0.2, 0) is 4.79 Å². The number of para-hydroxylation sites is 1. The number of amides is 1. The van der Waals surface area contributed by atoms with Gasteiger partial charge in [0.1, 0.15) is 0 Å². The minimum atomic E-state index is -0.164. The number of rotatable bonds is 2. The van der Waals surface area contributed by atoms with Crippen molar-refractivity contribution in [3.05, 3.63) is 29.8 Å². The first kappa shape index (κ1) is 11.7. The van der Waals surface area contributed by atoms with E-state index in [1.54, 1.807) is 4.90 Å². The average Bonchev–Trinajstić information content (AvgIpc) is 2.70. The van der Waals surface area contributed by atoms with Crippen molar-refractivity contribution < 1.29 is 4.79 Å². The lowest BCUT2D eigenvalue weighted by Gasteiger charge is -2.21. The predicted molar refractivity (Wildman–Crippen MR) is 66.6 cm³/mol. The molecule has 88 valence electrons. The fourth-order valence-electron chi connectivity index (χ4n) is 2.25. The molecular weight excluding hydrogens is 212 g/mol. The normalized spacial score (nSPS) is 19.8. The molecule has 0 aliphatic carbocycles. The molecule has 0 saturated carbocycles. The van der Waals surface area contributed by atoms with Gasteiger partial charge in [0.15, 0.2) is 0 Å². The Morgan fingerprint density at radius 2 is 2.12 bits per heavy atom. The zero-order chi connectivity index (χ0) is 12.4. The molecule has 0 N–H and O–H groups in total. The fourth-order valence-corrected chi connectivity index (χ4v) is 2.25. The van der Waals surface area contributed by atoms with E-state index in [4.69, 9.17) is 5.26 Å². The summed E-state index contributed by atoms with van der Waals surface area (Å²) < 4.78 is 0. The largest absolute Gasteiger partial charge is 0.311 e. The second-order valence-corrected chi connectivity index (χ2v) is 4.75. The van der Waals surface area contributed by atoms with Crippen molar-refractivity contribution >= 4 is 11.6 Å². The van der Waals surface area contributed by atoms with E-state index < -0.39 is 0 Å². The van der Waals surface area contributed by atoms with Crippen molar-refractivity contribution in [1.82, 2.24) is 0 Å². The average molecular weight is 228 g/mol. The Morgan fingerprint density at radius 1 is 1.41 bits per heavy atom. The van der Waals surface area contributed by atoms with E-state index in [-0.39, 0.29) is 11.8 Å². The number of benzene rings is 1. The highest BCUT2D eigenvalue weighted by molar-refractivity contribution is 5.96. The molecule has 1 aromatic rings. The molecule has 1 aliphatic heterocycles. The van der Waals surface area contributed by atoms with Crippen LogP contribution in [0.5, 0.6) is 0 Å². The topological polar surface area (TPSA) is 44.1 Å². The second kappa shape index (κ2) is 4.58. The summed E-state index contributed by atoms with van der Waals surface area (Å²) in [5, 5.41) is 8.90. The first-order valence-corrected chi connectivity index (χ1v) is 5.92. The number of nitrogens with zero attached hydrogens (tertiary/aromatic N) is 2. The zero-order valence-corrected chi connectivity index (χ0v) is 10.2. The van der Waals surface area contributed by atoms with Crippen LogP contribution in [0.4, 0.5) is 5.69 Å². The maximum absolute atomic E-state index is 11.9. The highest BCUT2D eigenvalue weighted by Gasteiger charge is 2.31. The van der Waals surface area contributed by atoms with Gasteiger partial charge >= 0.3 is 0 Å². The van der Waals surface area contributed by atoms with Crippen molar-refractivity contribution in [2.75, 3.05) is 11.4 Å². The summed E-state index contributed by atoms with van der Waals surface area (Å²) in [5.41, 5.74) is 2.13. The summed E-state index contributed by atoms with van der Waals surface area (Å²) in [6.45, 7) is 4.75. The van der Waals surface area contributed by atoms with E-state index in [0.717, 1.165) is 5.69 Å². The zero-order valence-electron chi connectivity index (χ0n) is 10.2. The van der Waals surface area contributed by atoms with Crippen molar-refractivity contribution in [2.45, 2.75) is 26.2 Å². The van der Waals surface area contributed by atoms with E-state index in [9.17, 15) is 4.79 Å². The summed E-state index contributed by atoms with van der Waals surface area (Å²) in [6, 6.07) is 10.1. The molecule has 0 aromatic heterocycles. The number of carbonyl (C=O) groups excluding carboxylic acids is 1. The van der Waals surface area contributed by atoms with E-state index >= 15 is 0 Å². The van der Waals surface area contributed by atoms with E-state index in [0.29, 0.717) is 18.9 Å². The molecule has 3 heteroatoms. The second-order valence-electron chi connectivity index (χ2n) is 4.75. The number of hydrogen-bond acceptors (Lipinski definition) is 2. The molecule has 0 spiro atoms. The molecule has 1 aromatic carbocycles. The molecular formula is C14H16N2O. The fraction of sp³-hybridized carbons (Fsp3) is 0.429. The summed E-state index contributed by atoms with van der Waals surface area (Å²) in [7, 11) is 0. The Balaban J connectivity index is 2.35. The Morgan fingerprint density at radius 3 is 2.71 bits per heavy atom. The van der Waals surface area contributed by atoms with Crippen LogP contribution in [-0.4, -0.2) is 12.5 Å². The SMILES string of the molecule is CC(C)c1ccccc1N1CC(C#N)CC1=O. The highest BCUT2D eigenvalue weighted by Crippen LogP contribution is 2.31.